The largest absolute Gasteiger partial charge is 0.469 e. The van der Waals surface area contributed by atoms with Crippen LogP contribution in [0.25, 0.3) is 0 Å². The second kappa shape index (κ2) is 6.76. The van der Waals surface area contributed by atoms with Gasteiger partial charge in [0.2, 0.25) is 0 Å². The van der Waals surface area contributed by atoms with Crippen LogP contribution in [0, 0.1) is 0 Å². The van der Waals surface area contributed by atoms with E-state index in [0.29, 0.717) is 18.0 Å². The van der Waals surface area contributed by atoms with E-state index in [1.54, 1.807) is 0 Å². The Kier molecular flexibility index (Phi) is 5.63. The van der Waals surface area contributed by atoms with E-state index in [-0.39, 0.29) is 5.97 Å². The topological polar surface area (TPSA) is 38.3 Å². The average molecular weight is 307 g/mol. The van der Waals surface area contributed by atoms with Crippen LogP contribution < -0.4 is 5.32 Å². The molecule has 16 heavy (non-hydrogen) atoms. The van der Waals surface area contributed by atoms with E-state index >= 15 is 0 Å². The van der Waals surface area contributed by atoms with Crippen LogP contribution in [-0.2, 0) is 9.53 Å². The van der Waals surface area contributed by atoms with Crippen molar-refractivity contribution in [1.29, 1.82) is 0 Å². The fourth-order valence-electron chi connectivity index (χ4n) is 1.19. The second-order valence-corrected chi connectivity index (χ2v) is 4.52. The number of benzene rings is 1. The number of ether oxygens (including phenoxy) is 1. The first-order valence-electron chi connectivity index (χ1n) is 4.89. The number of hydrogen-bond acceptors (Lipinski definition) is 3. The number of hydrogen-bond donors (Lipinski definition) is 1. The van der Waals surface area contributed by atoms with Crippen LogP contribution in [0.1, 0.15) is 12.8 Å². The molecule has 0 fully saturated rings. The maximum Gasteiger partial charge on any atom is 0.305 e. The third-order valence-corrected chi connectivity index (χ3v) is 2.96. The Hall–Kier alpha value is -0.740. The van der Waals surface area contributed by atoms with Crippen LogP contribution in [0.5, 0.6) is 0 Å². The summed E-state index contributed by atoms with van der Waals surface area (Å²) in [4.78, 5) is 10.9. The van der Waals surface area contributed by atoms with Gasteiger partial charge in [0.25, 0.3) is 0 Å². The van der Waals surface area contributed by atoms with Crippen LogP contribution in [0.2, 0.25) is 5.02 Å². The Labute approximate surface area is 108 Å². The number of carbonyl (C=O) groups excluding carboxylic acids is 1. The zero-order valence-electron chi connectivity index (χ0n) is 8.93. The van der Waals surface area contributed by atoms with Gasteiger partial charge in [0.05, 0.1) is 7.11 Å². The second-order valence-electron chi connectivity index (χ2n) is 3.23. The van der Waals surface area contributed by atoms with Crippen molar-refractivity contribution in [3.8, 4) is 0 Å². The number of anilines is 1. The Bertz CT molecular complexity index is 371. The molecular formula is C11H13BrClNO2. The Morgan fingerprint density at radius 2 is 2.31 bits per heavy atom. The van der Waals surface area contributed by atoms with Gasteiger partial charge in [0, 0.05) is 28.1 Å². The van der Waals surface area contributed by atoms with Gasteiger partial charge in [-0.15, -0.1) is 0 Å². The van der Waals surface area contributed by atoms with Gasteiger partial charge in [-0.05, 0) is 40.5 Å². The monoisotopic (exact) mass is 305 g/mol. The van der Waals surface area contributed by atoms with Gasteiger partial charge < -0.3 is 10.1 Å². The molecular weight excluding hydrogens is 293 g/mol. The zero-order chi connectivity index (χ0) is 12.0. The number of carbonyl (C=O) groups is 1. The lowest BCUT2D eigenvalue weighted by atomic mass is 10.3. The number of methoxy groups -OCH3 is 1. The van der Waals surface area contributed by atoms with Gasteiger partial charge >= 0.3 is 5.97 Å². The normalized spacial score (nSPS) is 9.94. The Balaban J connectivity index is 2.37. The molecule has 0 heterocycles. The van der Waals surface area contributed by atoms with Gasteiger partial charge in [-0.25, -0.2) is 0 Å². The van der Waals surface area contributed by atoms with Crippen molar-refractivity contribution in [3.63, 3.8) is 0 Å². The summed E-state index contributed by atoms with van der Waals surface area (Å²) in [5.41, 5.74) is 0.928. The maximum atomic E-state index is 10.9. The molecule has 88 valence electrons. The molecule has 1 rings (SSSR count). The predicted octanol–water partition coefficient (Wildman–Crippen LogP) is 3.47. The molecule has 0 aromatic heterocycles. The van der Waals surface area contributed by atoms with Crippen LogP contribution in [0.15, 0.2) is 22.7 Å². The summed E-state index contributed by atoms with van der Waals surface area (Å²) >= 11 is 9.28. The lowest BCUT2D eigenvalue weighted by molar-refractivity contribution is -0.140. The summed E-state index contributed by atoms with van der Waals surface area (Å²) < 4.78 is 5.50. The standard InChI is InChI=1S/C11H13BrClNO2/c1-16-11(15)3-2-6-14-10-7-8(13)4-5-9(10)12/h4-5,7,14H,2-3,6H2,1H3. The summed E-state index contributed by atoms with van der Waals surface area (Å²) in [7, 11) is 1.39. The minimum Gasteiger partial charge on any atom is -0.469 e. The molecule has 0 radical (unpaired) electrons. The lowest BCUT2D eigenvalue weighted by Crippen LogP contribution is -2.06. The summed E-state index contributed by atoms with van der Waals surface area (Å²) in [6.07, 6.45) is 1.15. The highest BCUT2D eigenvalue weighted by Gasteiger charge is 2.02. The number of nitrogens with one attached hydrogen (secondary N) is 1. The first-order valence-corrected chi connectivity index (χ1v) is 6.06. The van der Waals surface area contributed by atoms with E-state index in [1.165, 1.54) is 7.11 Å². The smallest absolute Gasteiger partial charge is 0.305 e. The van der Waals surface area contributed by atoms with E-state index in [1.807, 2.05) is 18.2 Å². The highest BCUT2D eigenvalue weighted by atomic mass is 79.9. The van der Waals surface area contributed by atoms with Crippen LogP contribution in [0.4, 0.5) is 5.69 Å². The van der Waals surface area contributed by atoms with Crippen molar-refractivity contribution in [2.24, 2.45) is 0 Å². The lowest BCUT2D eigenvalue weighted by Gasteiger charge is -2.08. The zero-order valence-corrected chi connectivity index (χ0v) is 11.3. The summed E-state index contributed by atoms with van der Waals surface area (Å²) in [5.74, 6) is -0.188. The van der Waals surface area contributed by atoms with E-state index in [2.05, 4.69) is 26.0 Å². The molecule has 0 amide bonds. The van der Waals surface area contributed by atoms with Crippen molar-refractivity contribution in [3.05, 3.63) is 27.7 Å². The molecule has 3 nitrogen and oxygen atoms in total. The molecule has 1 aromatic rings. The summed E-state index contributed by atoms with van der Waals surface area (Å²) in [6.45, 7) is 0.702. The molecule has 0 aliphatic rings. The van der Waals surface area contributed by atoms with Crippen molar-refractivity contribution >= 4 is 39.2 Å². The SMILES string of the molecule is COC(=O)CCCNc1cc(Cl)ccc1Br. The highest BCUT2D eigenvalue weighted by molar-refractivity contribution is 9.10. The van der Waals surface area contributed by atoms with Crippen LogP contribution in [0.3, 0.4) is 0 Å². The Morgan fingerprint density at radius 1 is 1.56 bits per heavy atom. The molecule has 5 heteroatoms. The molecule has 0 saturated heterocycles. The Morgan fingerprint density at radius 3 is 3.00 bits per heavy atom. The van der Waals surface area contributed by atoms with Crippen molar-refractivity contribution < 1.29 is 9.53 Å². The molecule has 0 unspecified atom stereocenters. The first-order chi connectivity index (χ1) is 7.63. The third kappa shape index (κ3) is 4.41. The number of esters is 1. The van der Waals surface area contributed by atoms with Crippen LogP contribution in [-0.4, -0.2) is 19.6 Å². The molecule has 0 aliphatic heterocycles. The number of rotatable bonds is 5. The molecule has 0 bridgehead atoms. The molecule has 0 spiro atoms. The highest BCUT2D eigenvalue weighted by Crippen LogP contribution is 2.25. The molecule has 0 atom stereocenters. The molecule has 0 saturated carbocycles. The van der Waals surface area contributed by atoms with Crippen molar-refractivity contribution in [2.45, 2.75) is 12.8 Å². The minimum atomic E-state index is -0.188. The van der Waals surface area contributed by atoms with E-state index < -0.39 is 0 Å². The third-order valence-electron chi connectivity index (χ3n) is 2.03. The predicted molar refractivity (Wildman–Crippen MR) is 68.9 cm³/mol. The van der Waals surface area contributed by atoms with Gasteiger partial charge in [0.1, 0.15) is 0 Å². The van der Waals surface area contributed by atoms with E-state index in [4.69, 9.17) is 11.6 Å². The van der Waals surface area contributed by atoms with Gasteiger partial charge in [-0.1, -0.05) is 11.6 Å². The van der Waals surface area contributed by atoms with E-state index in [9.17, 15) is 4.79 Å². The van der Waals surface area contributed by atoms with Gasteiger partial charge in [0.15, 0.2) is 0 Å². The van der Waals surface area contributed by atoms with Gasteiger partial charge in [-0.2, -0.15) is 0 Å². The van der Waals surface area contributed by atoms with Crippen molar-refractivity contribution in [2.75, 3.05) is 19.0 Å². The molecule has 0 aliphatic carbocycles. The van der Waals surface area contributed by atoms with E-state index in [0.717, 1.165) is 16.6 Å². The summed E-state index contributed by atoms with van der Waals surface area (Å²) in [5, 5.41) is 3.87. The first kappa shape index (κ1) is 13.3. The van der Waals surface area contributed by atoms with Gasteiger partial charge in [-0.3, -0.25) is 4.79 Å². The van der Waals surface area contributed by atoms with Crippen molar-refractivity contribution in [1.82, 2.24) is 0 Å². The maximum absolute atomic E-state index is 10.9. The fourth-order valence-corrected chi connectivity index (χ4v) is 1.75. The quantitative estimate of drug-likeness (QED) is 0.669. The molecule has 1 aromatic carbocycles. The molecule has 1 N–H and O–H groups in total. The summed E-state index contributed by atoms with van der Waals surface area (Å²) in [6, 6.07) is 5.53. The number of halogens is 2. The minimum absolute atomic E-state index is 0.188. The average Bonchev–Trinajstić information content (AvgIpc) is 2.28. The van der Waals surface area contributed by atoms with Crippen LogP contribution >= 0.6 is 27.5 Å². The fraction of sp³-hybridized carbons (Fsp3) is 0.364.